The third-order valence-electron chi connectivity index (χ3n) is 6.13. The molecule has 1 aliphatic rings. The third-order valence-corrected chi connectivity index (χ3v) is 6.13. The molecule has 2 N–H and O–H groups in total. The second-order valence-corrected chi connectivity index (χ2v) is 8.51. The van der Waals surface area contributed by atoms with Crippen LogP contribution in [0.4, 0.5) is 27.4 Å². The molecule has 10 nitrogen and oxygen atoms in total. The lowest BCUT2D eigenvalue weighted by atomic mass is 10.0. The molecule has 38 heavy (non-hydrogen) atoms. The molecule has 1 unspecified atom stereocenters. The highest BCUT2D eigenvalue weighted by Crippen LogP contribution is 2.38. The average molecular weight is 516 g/mol. The number of carbonyl (C=O) groups excluding carboxylic acids is 1. The van der Waals surface area contributed by atoms with Crippen molar-refractivity contribution in [3.63, 3.8) is 0 Å². The molecule has 2 aromatic heterocycles. The summed E-state index contributed by atoms with van der Waals surface area (Å²) in [4.78, 5) is 31.0. The maximum atomic E-state index is 13.9. The van der Waals surface area contributed by atoms with Gasteiger partial charge in [-0.05, 0) is 36.8 Å². The van der Waals surface area contributed by atoms with Crippen molar-refractivity contribution in [3.05, 3.63) is 91.0 Å². The fourth-order valence-electron chi connectivity index (χ4n) is 4.34. The molecule has 0 spiro atoms. The van der Waals surface area contributed by atoms with Crippen molar-refractivity contribution in [1.29, 1.82) is 0 Å². The summed E-state index contributed by atoms with van der Waals surface area (Å²) >= 11 is 0. The standard InChI is InChI=1S/C27H26FN7O3/c1-4-27(36)33-20-13-21(24(37-3)14-23(20)34-10-9-29-17(34)2)32-25-15-26(31-16-30-25)35-22(8-11-38-35)18-6-5-7-19(28)12-18/h4-7,9-10,12-16,22H,1,8,11H2,2-3H3,(H,33,36)(H,30,31,32). The van der Waals surface area contributed by atoms with Crippen molar-refractivity contribution in [1.82, 2.24) is 19.5 Å². The number of hydrogen-bond acceptors (Lipinski definition) is 8. The second-order valence-electron chi connectivity index (χ2n) is 8.51. The Bertz CT molecular complexity index is 1490. The fraction of sp³-hybridized carbons (Fsp3) is 0.185. The molecule has 0 aliphatic carbocycles. The Morgan fingerprint density at radius 1 is 1.21 bits per heavy atom. The Morgan fingerprint density at radius 3 is 2.82 bits per heavy atom. The number of ether oxygens (including phenoxy) is 1. The quantitative estimate of drug-likeness (QED) is 0.320. The number of benzene rings is 2. The molecule has 1 aliphatic heterocycles. The van der Waals surface area contributed by atoms with E-state index in [1.165, 1.54) is 24.5 Å². The van der Waals surface area contributed by atoms with E-state index in [1.807, 2.05) is 17.6 Å². The van der Waals surface area contributed by atoms with Gasteiger partial charge in [-0.25, -0.2) is 24.4 Å². The smallest absolute Gasteiger partial charge is 0.247 e. The molecule has 4 aromatic rings. The Balaban J connectivity index is 1.48. The van der Waals surface area contributed by atoms with Crippen LogP contribution in [0.5, 0.6) is 5.75 Å². The van der Waals surface area contributed by atoms with Crippen molar-refractivity contribution < 1.29 is 18.8 Å². The first-order valence-corrected chi connectivity index (χ1v) is 11.9. The number of nitrogens with zero attached hydrogens (tertiary/aromatic N) is 5. The van der Waals surface area contributed by atoms with Crippen molar-refractivity contribution in [2.45, 2.75) is 19.4 Å². The number of aryl methyl sites for hydroxylation is 1. The molecule has 11 heteroatoms. The minimum absolute atomic E-state index is 0.193. The minimum Gasteiger partial charge on any atom is -0.494 e. The summed E-state index contributed by atoms with van der Waals surface area (Å²) in [5, 5.41) is 7.76. The third kappa shape index (κ3) is 5.04. The van der Waals surface area contributed by atoms with Crippen LogP contribution in [0, 0.1) is 12.7 Å². The van der Waals surface area contributed by atoms with E-state index in [0.717, 1.165) is 11.4 Å². The molecule has 194 valence electrons. The summed E-state index contributed by atoms with van der Waals surface area (Å²) in [6.07, 6.45) is 6.77. The number of rotatable bonds is 8. The first kappa shape index (κ1) is 24.9. The lowest BCUT2D eigenvalue weighted by Gasteiger charge is -2.24. The highest BCUT2D eigenvalue weighted by molar-refractivity contribution is 6.01. The van der Waals surface area contributed by atoms with Crippen LogP contribution < -0.4 is 20.4 Å². The molecule has 1 fully saturated rings. The number of anilines is 4. The van der Waals surface area contributed by atoms with E-state index in [9.17, 15) is 9.18 Å². The van der Waals surface area contributed by atoms with Gasteiger partial charge in [0.2, 0.25) is 5.91 Å². The first-order chi connectivity index (χ1) is 18.5. The minimum atomic E-state index is -0.362. The van der Waals surface area contributed by atoms with Gasteiger partial charge in [-0.15, -0.1) is 0 Å². The number of imidazole rings is 1. The van der Waals surface area contributed by atoms with Gasteiger partial charge < -0.3 is 19.9 Å². The second kappa shape index (κ2) is 10.7. The largest absolute Gasteiger partial charge is 0.494 e. The molecular weight excluding hydrogens is 489 g/mol. The average Bonchev–Trinajstić information content (AvgIpc) is 3.58. The van der Waals surface area contributed by atoms with Gasteiger partial charge in [0.1, 0.15) is 29.5 Å². The highest BCUT2D eigenvalue weighted by atomic mass is 19.1. The summed E-state index contributed by atoms with van der Waals surface area (Å²) < 4.78 is 21.4. The maximum Gasteiger partial charge on any atom is 0.247 e. The molecule has 5 rings (SSSR count). The van der Waals surface area contributed by atoms with Crippen LogP contribution in [0.2, 0.25) is 0 Å². The van der Waals surface area contributed by atoms with Crippen LogP contribution in [-0.2, 0) is 9.63 Å². The lowest BCUT2D eigenvalue weighted by molar-refractivity contribution is -0.111. The van der Waals surface area contributed by atoms with Crippen LogP contribution in [-0.4, -0.2) is 39.1 Å². The molecular formula is C27H26FN7O3. The number of halogens is 1. The van der Waals surface area contributed by atoms with Gasteiger partial charge in [0.15, 0.2) is 5.82 Å². The van der Waals surface area contributed by atoms with Gasteiger partial charge in [-0.2, -0.15) is 0 Å². The molecule has 3 heterocycles. The summed E-state index contributed by atoms with van der Waals surface area (Å²) in [5.74, 6) is 1.56. The van der Waals surface area contributed by atoms with Crippen LogP contribution in [0.25, 0.3) is 5.69 Å². The number of hydrogen-bond donors (Lipinski definition) is 2. The van der Waals surface area contributed by atoms with Gasteiger partial charge in [-0.3, -0.25) is 9.63 Å². The predicted octanol–water partition coefficient (Wildman–Crippen LogP) is 4.87. The number of carbonyl (C=O) groups is 1. The highest BCUT2D eigenvalue weighted by Gasteiger charge is 2.29. The SMILES string of the molecule is C=CC(=O)Nc1cc(Nc2cc(N3OCCC3c3cccc(F)c3)ncn2)c(OC)cc1-n1ccnc1C. The van der Waals surface area contributed by atoms with E-state index in [2.05, 4.69) is 32.2 Å². The first-order valence-electron chi connectivity index (χ1n) is 11.9. The van der Waals surface area contributed by atoms with Crippen molar-refractivity contribution in [2.24, 2.45) is 0 Å². The molecule has 0 bridgehead atoms. The summed E-state index contributed by atoms with van der Waals surface area (Å²) in [7, 11) is 1.56. The Morgan fingerprint density at radius 2 is 2.08 bits per heavy atom. The molecule has 1 amide bonds. The van der Waals surface area contributed by atoms with Gasteiger partial charge in [0.25, 0.3) is 0 Å². The molecule has 1 saturated heterocycles. The maximum absolute atomic E-state index is 13.9. The van der Waals surface area contributed by atoms with Gasteiger partial charge in [-0.1, -0.05) is 18.7 Å². The zero-order valence-corrected chi connectivity index (χ0v) is 20.9. The number of methoxy groups -OCH3 is 1. The zero-order valence-electron chi connectivity index (χ0n) is 20.9. The van der Waals surface area contributed by atoms with E-state index in [0.29, 0.717) is 47.5 Å². The fourth-order valence-corrected chi connectivity index (χ4v) is 4.34. The molecule has 1 atom stereocenters. The summed E-state index contributed by atoms with van der Waals surface area (Å²) in [6, 6.07) is 11.5. The number of hydroxylamine groups is 1. The van der Waals surface area contributed by atoms with Crippen molar-refractivity contribution in [2.75, 3.05) is 29.4 Å². The number of aromatic nitrogens is 4. The van der Waals surface area contributed by atoms with E-state index in [4.69, 9.17) is 9.57 Å². The van der Waals surface area contributed by atoms with E-state index >= 15 is 0 Å². The summed E-state index contributed by atoms with van der Waals surface area (Å²) in [6.45, 7) is 5.88. The topological polar surface area (TPSA) is 106 Å². The Labute approximate surface area is 218 Å². The van der Waals surface area contributed by atoms with Crippen LogP contribution in [0.15, 0.2) is 73.8 Å². The summed E-state index contributed by atoms with van der Waals surface area (Å²) in [5.41, 5.74) is 2.54. The number of nitrogens with one attached hydrogen (secondary N) is 2. The van der Waals surface area contributed by atoms with E-state index in [1.54, 1.807) is 48.8 Å². The predicted molar refractivity (Wildman–Crippen MR) is 141 cm³/mol. The van der Waals surface area contributed by atoms with Gasteiger partial charge in [0, 0.05) is 30.9 Å². The van der Waals surface area contributed by atoms with E-state index in [-0.39, 0.29) is 17.8 Å². The van der Waals surface area contributed by atoms with Crippen LogP contribution in [0.3, 0.4) is 0 Å². The molecule has 2 aromatic carbocycles. The zero-order chi connectivity index (χ0) is 26.6. The molecule has 0 radical (unpaired) electrons. The normalized spacial score (nSPS) is 14.8. The monoisotopic (exact) mass is 515 g/mol. The van der Waals surface area contributed by atoms with Crippen molar-refractivity contribution in [3.8, 4) is 11.4 Å². The van der Waals surface area contributed by atoms with Crippen LogP contribution in [0.1, 0.15) is 23.9 Å². The molecule has 0 saturated carbocycles. The Kier molecular flexibility index (Phi) is 7.00. The van der Waals surface area contributed by atoms with Gasteiger partial charge in [0.05, 0.1) is 36.8 Å². The van der Waals surface area contributed by atoms with E-state index < -0.39 is 0 Å². The number of amides is 1. The lowest BCUT2D eigenvalue weighted by Crippen LogP contribution is -2.22. The van der Waals surface area contributed by atoms with Gasteiger partial charge >= 0.3 is 0 Å². The Hall–Kier alpha value is -4.77. The van der Waals surface area contributed by atoms with Crippen LogP contribution >= 0.6 is 0 Å². The van der Waals surface area contributed by atoms with Crippen molar-refractivity contribution >= 4 is 28.9 Å².